The molecular formula is C20H17NO4. The second-order valence-corrected chi connectivity index (χ2v) is 6.87. The van der Waals surface area contributed by atoms with Gasteiger partial charge in [-0.1, -0.05) is 42.0 Å². The zero-order valence-electron chi connectivity index (χ0n) is 13.7. The van der Waals surface area contributed by atoms with Gasteiger partial charge >= 0.3 is 5.97 Å². The molecule has 1 N–H and O–H groups in total. The molecule has 0 spiro atoms. The molecule has 5 nitrogen and oxygen atoms in total. The largest absolute Gasteiger partial charge is 0.481 e. The summed E-state index contributed by atoms with van der Waals surface area (Å²) in [7, 11) is 0. The van der Waals surface area contributed by atoms with Gasteiger partial charge < -0.3 is 5.11 Å². The highest BCUT2D eigenvalue weighted by molar-refractivity contribution is 6.21. The molecule has 0 bridgehead atoms. The Labute approximate surface area is 144 Å². The van der Waals surface area contributed by atoms with Gasteiger partial charge in [-0.25, -0.2) is 0 Å². The number of hydrogen-bond acceptors (Lipinski definition) is 3. The predicted molar refractivity (Wildman–Crippen MR) is 90.4 cm³/mol. The molecule has 1 aliphatic carbocycles. The summed E-state index contributed by atoms with van der Waals surface area (Å²) in [6.07, 6.45) is 0.429. The molecule has 1 fully saturated rings. The van der Waals surface area contributed by atoms with Gasteiger partial charge in [0.15, 0.2) is 0 Å². The van der Waals surface area contributed by atoms with E-state index in [-0.39, 0.29) is 12.5 Å². The number of carbonyl (C=O) groups is 3. The van der Waals surface area contributed by atoms with E-state index in [2.05, 4.69) is 0 Å². The summed E-state index contributed by atoms with van der Waals surface area (Å²) in [5, 5.41) is 9.79. The zero-order chi connectivity index (χ0) is 17.8. The van der Waals surface area contributed by atoms with Gasteiger partial charge in [-0.15, -0.1) is 0 Å². The second-order valence-electron chi connectivity index (χ2n) is 6.87. The highest BCUT2D eigenvalue weighted by Crippen LogP contribution is 2.60. The summed E-state index contributed by atoms with van der Waals surface area (Å²) in [5.41, 5.74) is 1.64. The molecular weight excluding hydrogens is 318 g/mol. The number of rotatable bonds is 4. The molecule has 2 aromatic carbocycles. The fourth-order valence-electron chi connectivity index (χ4n) is 3.68. The SMILES string of the molecule is Cc1ccc([C@H]2C[C@@]2(CN2C(=O)c3ccccc3C2=O)C(=O)O)cc1. The first kappa shape index (κ1) is 15.6. The van der Waals surface area contributed by atoms with Crippen molar-refractivity contribution in [3.8, 4) is 0 Å². The molecule has 2 amide bonds. The Hall–Kier alpha value is -2.95. The topological polar surface area (TPSA) is 74.7 Å². The van der Waals surface area contributed by atoms with Gasteiger partial charge in [0, 0.05) is 12.5 Å². The van der Waals surface area contributed by atoms with Gasteiger partial charge in [-0.05, 0) is 31.0 Å². The van der Waals surface area contributed by atoms with Crippen molar-refractivity contribution in [2.75, 3.05) is 6.54 Å². The van der Waals surface area contributed by atoms with Gasteiger partial charge in [0.2, 0.25) is 0 Å². The van der Waals surface area contributed by atoms with Crippen LogP contribution in [0.4, 0.5) is 0 Å². The third kappa shape index (κ3) is 2.27. The van der Waals surface area contributed by atoms with Crippen LogP contribution in [0.1, 0.15) is 44.2 Å². The average Bonchev–Trinajstić information content (AvgIpc) is 3.29. The van der Waals surface area contributed by atoms with Crippen molar-refractivity contribution in [3.63, 3.8) is 0 Å². The molecule has 2 atom stereocenters. The highest BCUT2D eigenvalue weighted by atomic mass is 16.4. The molecule has 126 valence electrons. The number of nitrogens with zero attached hydrogens (tertiary/aromatic N) is 1. The normalized spacial score (nSPS) is 24.4. The maximum atomic E-state index is 12.5. The Morgan fingerprint density at radius 1 is 1.08 bits per heavy atom. The number of imide groups is 1. The second kappa shape index (κ2) is 5.28. The van der Waals surface area contributed by atoms with E-state index in [0.717, 1.165) is 16.0 Å². The Balaban J connectivity index is 1.63. The molecule has 5 heteroatoms. The van der Waals surface area contributed by atoms with Gasteiger partial charge in [-0.2, -0.15) is 0 Å². The first-order chi connectivity index (χ1) is 11.9. The minimum absolute atomic E-state index is 0.0901. The van der Waals surface area contributed by atoms with Crippen LogP contribution in [0.25, 0.3) is 0 Å². The molecule has 1 aliphatic heterocycles. The van der Waals surface area contributed by atoms with Crippen LogP contribution in [0, 0.1) is 12.3 Å². The van der Waals surface area contributed by atoms with Crippen molar-refractivity contribution in [3.05, 3.63) is 70.8 Å². The number of amides is 2. The van der Waals surface area contributed by atoms with Crippen molar-refractivity contribution in [1.29, 1.82) is 0 Å². The lowest BCUT2D eigenvalue weighted by Crippen LogP contribution is -2.39. The highest BCUT2D eigenvalue weighted by Gasteiger charge is 2.63. The number of benzene rings is 2. The first-order valence-corrected chi connectivity index (χ1v) is 8.19. The van der Waals surface area contributed by atoms with Crippen molar-refractivity contribution in [1.82, 2.24) is 4.90 Å². The van der Waals surface area contributed by atoms with E-state index in [9.17, 15) is 19.5 Å². The maximum absolute atomic E-state index is 12.5. The van der Waals surface area contributed by atoms with Crippen LogP contribution < -0.4 is 0 Å². The fraction of sp³-hybridized carbons (Fsp3) is 0.250. The van der Waals surface area contributed by atoms with E-state index < -0.39 is 23.2 Å². The fourth-order valence-corrected chi connectivity index (χ4v) is 3.68. The van der Waals surface area contributed by atoms with E-state index in [4.69, 9.17) is 0 Å². The minimum Gasteiger partial charge on any atom is -0.481 e. The Bertz CT molecular complexity index is 867. The van der Waals surface area contributed by atoms with Gasteiger partial charge in [0.1, 0.15) is 0 Å². The summed E-state index contributed by atoms with van der Waals surface area (Å²) in [6, 6.07) is 14.4. The summed E-state index contributed by atoms with van der Waals surface area (Å²) in [5.74, 6) is -1.96. The van der Waals surface area contributed by atoms with Crippen LogP contribution in [0.5, 0.6) is 0 Å². The lowest BCUT2D eigenvalue weighted by Gasteiger charge is -2.20. The number of hydrogen-bond donors (Lipinski definition) is 1. The Kier molecular flexibility index (Phi) is 3.29. The average molecular weight is 335 g/mol. The van der Waals surface area contributed by atoms with E-state index in [1.807, 2.05) is 31.2 Å². The lowest BCUT2D eigenvalue weighted by molar-refractivity contribution is -0.143. The minimum atomic E-state index is -1.09. The summed E-state index contributed by atoms with van der Waals surface area (Å²) in [4.78, 5) is 38.1. The molecule has 0 radical (unpaired) electrons. The van der Waals surface area contributed by atoms with Crippen LogP contribution in [0.15, 0.2) is 48.5 Å². The predicted octanol–water partition coefficient (Wildman–Crippen LogP) is 2.85. The van der Waals surface area contributed by atoms with Crippen LogP contribution in [-0.4, -0.2) is 34.3 Å². The molecule has 0 unspecified atom stereocenters. The molecule has 25 heavy (non-hydrogen) atoms. The number of aryl methyl sites for hydroxylation is 1. The molecule has 2 aliphatic rings. The van der Waals surface area contributed by atoms with Crippen molar-refractivity contribution < 1.29 is 19.5 Å². The monoisotopic (exact) mass is 335 g/mol. The summed E-state index contributed by atoms with van der Waals surface area (Å²) in [6.45, 7) is 1.88. The van der Waals surface area contributed by atoms with E-state index in [1.54, 1.807) is 24.3 Å². The molecule has 0 aromatic heterocycles. The number of fused-ring (bicyclic) bond motifs is 1. The van der Waals surface area contributed by atoms with Crippen molar-refractivity contribution in [2.45, 2.75) is 19.3 Å². The standard InChI is InChI=1S/C20H17NO4/c1-12-6-8-13(9-7-12)16-10-20(16,19(24)25)11-21-17(22)14-4-2-3-5-15(14)18(21)23/h2-9,16H,10-11H2,1H3,(H,24,25)/t16-,20+/m1/s1. The van der Waals surface area contributed by atoms with Gasteiger partial charge in [-0.3, -0.25) is 19.3 Å². The smallest absolute Gasteiger partial charge is 0.312 e. The quantitative estimate of drug-likeness (QED) is 0.872. The first-order valence-electron chi connectivity index (χ1n) is 8.19. The summed E-state index contributed by atoms with van der Waals surface area (Å²) >= 11 is 0. The van der Waals surface area contributed by atoms with Gasteiger partial charge in [0.05, 0.1) is 16.5 Å². The number of aliphatic carboxylic acids is 1. The van der Waals surface area contributed by atoms with E-state index in [0.29, 0.717) is 17.5 Å². The molecule has 4 rings (SSSR count). The van der Waals surface area contributed by atoms with Crippen LogP contribution in [0.2, 0.25) is 0 Å². The van der Waals surface area contributed by atoms with Crippen LogP contribution >= 0.6 is 0 Å². The zero-order valence-corrected chi connectivity index (χ0v) is 13.7. The Morgan fingerprint density at radius 3 is 2.16 bits per heavy atom. The number of carboxylic acid groups (broad SMARTS) is 1. The molecule has 1 saturated carbocycles. The maximum Gasteiger partial charge on any atom is 0.312 e. The van der Waals surface area contributed by atoms with Crippen molar-refractivity contribution >= 4 is 17.8 Å². The van der Waals surface area contributed by atoms with Crippen LogP contribution in [0.3, 0.4) is 0 Å². The molecule has 1 heterocycles. The van der Waals surface area contributed by atoms with E-state index in [1.165, 1.54) is 0 Å². The summed E-state index contributed by atoms with van der Waals surface area (Å²) < 4.78 is 0. The van der Waals surface area contributed by atoms with E-state index >= 15 is 0 Å². The number of carbonyl (C=O) groups excluding carboxylic acids is 2. The molecule has 2 aromatic rings. The number of carboxylic acids is 1. The third-order valence-electron chi connectivity index (χ3n) is 5.30. The van der Waals surface area contributed by atoms with Crippen LogP contribution in [-0.2, 0) is 4.79 Å². The Morgan fingerprint density at radius 2 is 1.64 bits per heavy atom. The van der Waals surface area contributed by atoms with Crippen molar-refractivity contribution in [2.24, 2.45) is 5.41 Å². The van der Waals surface area contributed by atoms with Gasteiger partial charge in [0.25, 0.3) is 11.8 Å². The lowest BCUT2D eigenvalue weighted by atomic mass is 9.97. The third-order valence-corrected chi connectivity index (χ3v) is 5.30. The molecule has 0 saturated heterocycles.